The van der Waals surface area contributed by atoms with E-state index in [2.05, 4.69) is 36.1 Å². The minimum absolute atomic E-state index is 0.518. The van der Waals surface area contributed by atoms with Crippen molar-refractivity contribution in [2.24, 2.45) is 0 Å². The third-order valence-corrected chi connectivity index (χ3v) is 4.12. The minimum atomic E-state index is 0.518. The van der Waals surface area contributed by atoms with Crippen molar-refractivity contribution >= 4 is 0 Å². The van der Waals surface area contributed by atoms with Crippen molar-refractivity contribution in [2.45, 2.75) is 38.0 Å². The van der Waals surface area contributed by atoms with Gasteiger partial charge < -0.3 is 15.0 Å². The van der Waals surface area contributed by atoms with Gasteiger partial charge in [0, 0.05) is 44.9 Å². The van der Waals surface area contributed by atoms with Crippen LogP contribution >= 0.6 is 0 Å². The molecule has 2 aliphatic rings. The van der Waals surface area contributed by atoms with Crippen LogP contribution in [0.3, 0.4) is 0 Å². The number of likely N-dealkylation sites (N-methyl/N-ethyl adjacent to an activating group) is 2. The second-order valence-electron chi connectivity index (χ2n) is 5.55. The first kappa shape index (κ1) is 13.3. The molecule has 1 heterocycles. The van der Waals surface area contributed by atoms with Crippen LogP contribution in [0.25, 0.3) is 0 Å². The number of nitrogens with zero attached hydrogens (tertiary/aromatic N) is 2. The Balaban J connectivity index is 1.62. The van der Waals surface area contributed by atoms with Gasteiger partial charge in [-0.15, -0.1) is 0 Å². The third kappa shape index (κ3) is 3.65. The Labute approximate surface area is 105 Å². The van der Waals surface area contributed by atoms with E-state index < -0.39 is 0 Å². The standard InChI is InChI=1S/C13H27N3O/c1-4-17-13-7-11(8-13)14-9-12-10-15(2)5-6-16(12)3/h11-14H,4-10H2,1-3H3. The van der Waals surface area contributed by atoms with Crippen LogP contribution in [0.4, 0.5) is 0 Å². The van der Waals surface area contributed by atoms with Crippen molar-refractivity contribution in [2.75, 3.05) is 46.9 Å². The molecular weight excluding hydrogens is 214 g/mol. The van der Waals surface area contributed by atoms with Gasteiger partial charge in [-0.1, -0.05) is 0 Å². The predicted molar refractivity (Wildman–Crippen MR) is 70.4 cm³/mol. The van der Waals surface area contributed by atoms with Gasteiger partial charge in [-0.3, -0.25) is 4.90 Å². The van der Waals surface area contributed by atoms with E-state index >= 15 is 0 Å². The van der Waals surface area contributed by atoms with Crippen LogP contribution in [0.15, 0.2) is 0 Å². The van der Waals surface area contributed by atoms with Crippen LogP contribution in [0.1, 0.15) is 19.8 Å². The number of nitrogens with one attached hydrogen (secondary N) is 1. The fourth-order valence-corrected chi connectivity index (χ4v) is 2.73. The lowest BCUT2D eigenvalue weighted by molar-refractivity contribution is -0.0122. The summed E-state index contributed by atoms with van der Waals surface area (Å²) in [7, 11) is 4.46. The van der Waals surface area contributed by atoms with E-state index in [-0.39, 0.29) is 0 Å². The van der Waals surface area contributed by atoms with Crippen molar-refractivity contribution in [3.8, 4) is 0 Å². The summed E-state index contributed by atoms with van der Waals surface area (Å²) in [6.07, 6.45) is 2.91. The molecule has 1 saturated heterocycles. The van der Waals surface area contributed by atoms with E-state index in [1.54, 1.807) is 0 Å². The van der Waals surface area contributed by atoms with Crippen LogP contribution in [0.5, 0.6) is 0 Å². The Morgan fingerprint density at radius 2 is 2.00 bits per heavy atom. The number of ether oxygens (including phenoxy) is 1. The average molecular weight is 241 g/mol. The highest BCUT2D eigenvalue weighted by molar-refractivity contribution is 4.88. The number of hydrogen-bond acceptors (Lipinski definition) is 4. The molecule has 0 radical (unpaired) electrons. The maximum Gasteiger partial charge on any atom is 0.0604 e. The van der Waals surface area contributed by atoms with E-state index in [0.717, 1.165) is 13.2 Å². The van der Waals surface area contributed by atoms with Crippen molar-refractivity contribution in [1.29, 1.82) is 0 Å². The van der Waals surface area contributed by atoms with Crippen LogP contribution in [0.2, 0.25) is 0 Å². The fraction of sp³-hybridized carbons (Fsp3) is 1.00. The smallest absolute Gasteiger partial charge is 0.0604 e. The third-order valence-electron chi connectivity index (χ3n) is 4.12. The Bertz CT molecular complexity index is 231. The van der Waals surface area contributed by atoms with Crippen molar-refractivity contribution in [3.63, 3.8) is 0 Å². The Hall–Kier alpha value is -0.160. The molecule has 100 valence electrons. The van der Waals surface area contributed by atoms with Crippen molar-refractivity contribution in [1.82, 2.24) is 15.1 Å². The molecule has 0 amide bonds. The molecule has 1 aliphatic carbocycles. The summed E-state index contributed by atoms with van der Waals surface area (Å²) >= 11 is 0. The zero-order chi connectivity index (χ0) is 12.3. The first-order valence-electron chi connectivity index (χ1n) is 6.92. The SMILES string of the molecule is CCOC1CC(NCC2CN(C)CCN2C)C1. The van der Waals surface area contributed by atoms with E-state index in [4.69, 9.17) is 4.74 Å². The van der Waals surface area contributed by atoms with Gasteiger partial charge in [-0.2, -0.15) is 0 Å². The normalized spacial score (nSPS) is 35.8. The molecule has 4 nitrogen and oxygen atoms in total. The molecule has 0 bridgehead atoms. The summed E-state index contributed by atoms with van der Waals surface area (Å²) < 4.78 is 5.58. The molecule has 1 unspecified atom stereocenters. The monoisotopic (exact) mass is 241 g/mol. The molecule has 2 fully saturated rings. The number of rotatable bonds is 5. The summed E-state index contributed by atoms with van der Waals surface area (Å²) in [6, 6.07) is 1.35. The minimum Gasteiger partial charge on any atom is -0.378 e. The van der Waals surface area contributed by atoms with Gasteiger partial charge in [-0.25, -0.2) is 0 Å². The Morgan fingerprint density at radius 3 is 2.71 bits per heavy atom. The largest absolute Gasteiger partial charge is 0.378 e. The van der Waals surface area contributed by atoms with Crippen molar-refractivity contribution in [3.05, 3.63) is 0 Å². The molecule has 0 aromatic rings. The molecule has 1 saturated carbocycles. The van der Waals surface area contributed by atoms with Gasteiger partial charge in [-0.05, 0) is 33.9 Å². The first-order valence-corrected chi connectivity index (χ1v) is 6.92. The maximum atomic E-state index is 5.58. The van der Waals surface area contributed by atoms with Gasteiger partial charge in [0.1, 0.15) is 0 Å². The Kier molecular flexibility index (Phi) is 4.79. The van der Waals surface area contributed by atoms with Crippen LogP contribution in [-0.2, 0) is 4.74 Å². The van der Waals surface area contributed by atoms with Gasteiger partial charge in [0.2, 0.25) is 0 Å². The van der Waals surface area contributed by atoms with E-state index in [1.807, 2.05) is 0 Å². The second-order valence-corrected chi connectivity index (χ2v) is 5.55. The predicted octanol–water partition coefficient (Wildman–Crippen LogP) is 0.389. The van der Waals surface area contributed by atoms with Gasteiger partial charge in [0.15, 0.2) is 0 Å². The fourth-order valence-electron chi connectivity index (χ4n) is 2.73. The molecule has 17 heavy (non-hydrogen) atoms. The highest BCUT2D eigenvalue weighted by Gasteiger charge is 2.30. The van der Waals surface area contributed by atoms with Crippen LogP contribution < -0.4 is 5.32 Å². The maximum absolute atomic E-state index is 5.58. The summed E-state index contributed by atoms with van der Waals surface area (Å²) in [4.78, 5) is 4.90. The quantitative estimate of drug-likeness (QED) is 0.753. The molecule has 1 N–H and O–H groups in total. The summed E-state index contributed by atoms with van der Waals surface area (Å²) in [5, 5.41) is 3.68. The zero-order valence-electron chi connectivity index (χ0n) is 11.5. The average Bonchev–Trinajstić information content (AvgIpc) is 2.26. The second kappa shape index (κ2) is 6.14. The number of piperazine rings is 1. The highest BCUT2D eigenvalue weighted by atomic mass is 16.5. The van der Waals surface area contributed by atoms with E-state index in [0.29, 0.717) is 18.2 Å². The lowest BCUT2D eigenvalue weighted by atomic mass is 9.89. The van der Waals surface area contributed by atoms with Crippen LogP contribution in [0, 0.1) is 0 Å². The van der Waals surface area contributed by atoms with Gasteiger partial charge >= 0.3 is 0 Å². The summed E-state index contributed by atoms with van der Waals surface area (Å²) in [5.74, 6) is 0. The molecule has 0 aromatic heterocycles. The molecule has 1 atom stereocenters. The molecule has 4 heteroatoms. The van der Waals surface area contributed by atoms with Crippen LogP contribution in [-0.4, -0.2) is 74.9 Å². The molecule has 0 aromatic carbocycles. The van der Waals surface area contributed by atoms with Gasteiger partial charge in [0.25, 0.3) is 0 Å². The van der Waals surface area contributed by atoms with E-state index in [1.165, 1.54) is 32.5 Å². The molecule has 2 rings (SSSR count). The lowest BCUT2D eigenvalue weighted by Gasteiger charge is -2.41. The molecule has 0 spiro atoms. The molecular formula is C13H27N3O. The van der Waals surface area contributed by atoms with Gasteiger partial charge in [0.05, 0.1) is 6.10 Å². The van der Waals surface area contributed by atoms with Crippen molar-refractivity contribution < 1.29 is 4.74 Å². The highest BCUT2D eigenvalue weighted by Crippen LogP contribution is 2.23. The number of hydrogen-bond donors (Lipinski definition) is 1. The summed E-state index contributed by atoms with van der Waals surface area (Å²) in [6.45, 7) is 7.62. The summed E-state index contributed by atoms with van der Waals surface area (Å²) in [5.41, 5.74) is 0. The Morgan fingerprint density at radius 1 is 1.24 bits per heavy atom. The van der Waals surface area contributed by atoms with E-state index in [9.17, 15) is 0 Å². The first-order chi connectivity index (χ1) is 8.19. The zero-order valence-corrected chi connectivity index (χ0v) is 11.5. The topological polar surface area (TPSA) is 27.7 Å². The molecule has 1 aliphatic heterocycles. The lowest BCUT2D eigenvalue weighted by Crippen LogP contribution is -2.56.